The minimum absolute atomic E-state index is 0.0209. The molecular formula is C16H21N3O2. The standard InChI is InChI=1S/C16H21N3O2/c1-19(2)6-5-12-9-17-15-4-3-11(8-14(12)15)7-13-10-21-16(20)18-13/h3-4,8-9,13,17H,5-7,10H2,1-2H3,(H,18,20)/t13-/m0/s1/i6D2,13D. The second-order valence-corrected chi connectivity index (χ2v) is 5.40. The number of likely N-dealkylation sites (N-methyl/N-ethyl adjacent to an activating group) is 1. The van der Waals surface area contributed by atoms with Gasteiger partial charge in [-0.1, -0.05) is 6.07 Å². The summed E-state index contributed by atoms with van der Waals surface area (Å²) in [4.78, 5) is 15.9. The van der Waals surface area contributed by atoms with Gasteiger partial charge in [0.2, 0.25) is 0 Å². The van der Waals surface area contributed by atoms with Crippen LogP contribution < -0.4 is 5.32 Å². The number of benzene rings is 1. The number of aromatic nitrogens is 1. The molecule has 2 aromatic rings. The summed E-state index contributed by atoms with van der Waals surface area (Å²) in [7, 11) is 3.43. The molecule has 1 aromatic heterocycles. The maximum Gasteiger partial charge on any atom is 0.407 e. The van der Waals surface area contributed by atoms with Crippen molar-refractivity contribution in [3.05, 3.63) is 35.5 Å². The first kappa shape index (κ1) is 10.7. The van der Waals surface area contributed by atoms with E-state index in [4.69, 9.17) is 8.85 Å². The van der Waals surface area contributed by atoms with Crippen molar-refractivity contribution in [2.75, 3.05) is 27.2 Å². The zero-order chi connectivity index (χ0) is 17.5. The van der Waals surface area contributed by atoms with Crippen LogP contribution in [0, 0.1) is 0 Å². The first-order valence-corrected chi connectivity index (χ1v) is 6.90. The molecule has 5 nitrogen and oxygen atoms in total. The number of carbonyl (C=O) groups is 1. The number of carbonyl (C=O) groups excluding carboxylic acids is 1. The van der Waals surface area contributed by atoms with Crippen LogP contribution in [0.2, 0.25) is 0 Å². The Morgan fingerprint density at radius 2 is 2.38 bits per heavy atom. The summed E-state index contributed by atoms with van der Waals surface area (Å²) in [6.07, 6.45) is 1.86. The van der Waals surface area contributed by atoms with Crippen LogP contribution >= 0.6 is 0 Å². The minimum atomic E-state index is -1.45. The van der Waals surface area contributed by atoms with Gasteiger partial charge in [-0.3, -0.25) is 0 Å². The van der Waals surface area contributed by atoms with Gasteiger partial charge in [0, 0.05) is 26.3 Å². The minimum Gasteiger partial charge on any atom is -0.447 e. The molecule has 21 heavy (non-hydrogen) atoms. The average molecular weight is 290 g/mol. The summed E-state index contributed by atoms with van der Waals surface area (Å²) in [6, 6.07) is 4.62. The number of cyclic esters (lactones) is 1. The third kappa shape index (κ3) is 3.19. The quantitative estimate of drug-likeness (QED) is 0.884. The molecule has 0 radical (unpaired) electrons. The van der Waals surface area contributed by atoms with E-state index in [9.17, 15) is 4.79 Å². The SMILES string of the molecule is [2H]C([2H])(Cc1c[nH]c2ccc(C[C@@]3([2H])COC(=O)N3)cc12)N(C)C. The van der Waals surface area contributed by atoms with Gasteiger partial charge in [-0.2, -0.15) is 0 Å². The van der Waals surface area contributed by atoms with Gasteiger partial charge in [0.15, 0.2) is 0 Å². The molecule has 1 aliphatic rings. The molecule has 0 aliphatic carbocycles. The van der Waals surface area contributed by atoms with Crippen LogP contribution in [0.25, 0.3) is 10.9 Å². The maximum atomic E-state index is 11.2. The third-order valence-electron chi connectivity index (χ3n) is 3.49. The molecule has 3 rings (SSSR count). The van der Waals surface area contributed by atoms with Crippen molar-refractivity contribution in [3.63, 3.8) is 0 Å². The van der Waals surface area contributed by atoms with Crippen molar-refractivity contribution in [1.82, 2.24) is 15.2 Å². The second-order valence-electron chi connectivity index (χ2n) is 5.40. The molecule has 112 valence electrons. The van der Waals surface area contributed by atoms with Crippen molar-refractivity contribution < 1.29 is 13.6 Å². The summed E-state index contributed by atoms with van der Waals surface area (Å²) in [5.41, 5.74) is 2.71. The monoisotopic (exact) mass is 290 g/mol. The van der Waals surface area contributed by atoms with Gasteiger partial charge >= 0.3 is 6.09 Å². The zero-order valence-electron chi connectivity index (χ0n) is 15.2. The van der Waals surface area contributed by atoms with Crippen LogP contribution in [0.5, 0.6) is 0 Å². The van der Waals surface area contributed by atoms with E-state index in [1.54, 1.807) is 19.0 Å². The lowest BCUT2D eigenvalue weighted by Gasteiger charge is -2.09. The fourth-order valence-electron chi connectivity index (χ4n) is 2.44. The van der Waals surface area contributed by atoms with Crippen molar-refractivity contribution in [1.29, 1.82) is 0 Å². The molecule has 0 unspecified atom stereocenters. The van der Waals surface area contributed by atoms with Crippen LogP contribution in [-0.4, -0.2) is 49.2 Å². The second kappa shape index (κ2) is 5.77. The molecule has 1 amide bonds. The zero-order valence-corrected chi connectivity index (χ0v) is 12.2. The molecule has 1 aromatic carbocycles. The van der Waals surface area contributed by atoms with Crippen LogP contribution in [0.15, 0.2) is 24.4 Å². The van der Waals surface area contributed by atoms with E-state index in [2.05, 4.69) is 10.3 Å². The molecule has 2 heterocycles. The number of aromatic amines is 1. The molecule has 1 fully saturated rings. The Morgan fingerprint density at radius 3 is 3.10 bits per heavy atom. The van der Waals surface area contributed by atoms with Gasteiger partial charge in [-0.05, 0) is 50.2 Å². The number of nitrogens with zero attached hydrogens (tertiary/aromatic N) is 1. The van der Waals surface area contributed by atoms with Crippen LogP contribution in [0.3, 0.4) is 0 Å². The summed E-state index contributed by atoms with van der Waals surface area (Å²) in [5, 5.41) is 3.46. The largest absolute Gasteiger partial charge is 0.447 e. The van der Waals surface area contributed by atoms with Crippen molar-refractivity contribution >= 4 is 17.0 Å². The Kier molecular flexibility index (Phi) is 2.94. The van der Waals surface area contributed by atoms with Gasteiger partial charge in [0.1, 0.15) is 6.61 Å². The smallest absolute Gasteiger partial charge is 0.407 e. The predicted molar refractivity (Wildman–Crippen MR) is 82.5 cm³/mol. The lowest BCUT2D eigenvalue weighted by Crippen LogP contribution is -2.28. The molecule has 2 N–H and O–H groups in total. The molecule has 1 saturated heterocycles. The lowest BCUT2D eigenvalue weighted by molar-refractivity contribution is 0.177. The van der Waals surface area contributed by atoms with Crippen LogP contribution in [-0.2, 0) is 17.6 Å². The molecule has 0 spiro atoms. The van der Waals surface area contributed by atoms with E-state index < -0.39 is 18.6 Å². The molecule has 1 atom stereocenters. The molecule has 0 saturated carbocycles. The highest BCUT2D eigenvalue weighted by Gasteiger charge is 2.22. The van der Waals surface area contributed by atoms with Gasteiger partial charge in [0.05, 0.1) is 7.39 Å². The van der Waals surface area contributed by atoms with E-state index in [1.807, 2.05) is 24.4 Å². The summed E-state index contributed by atoms with van der Waals surface area (Å²) in [5.74, 6) is 0. The van der Waals surface area contributed by atoms with E-state index >= 15 is 0 Å². The maximum absolute atomic E-state index is 11.2. The first-order valence-electron chi connectivity index (χ1n) is 8.40. The van der Waals surface area contributed by atoms with Gasteiger partial charge in [-0.25, -0.2) is 4.79 Å². The number of H-pyrrole nitrogens is 1. The molecule has 5 heteroatoms. The Hall–Kier alpha value is -2.01. The summed E-state index contributed by atoms with van der Waals surface area (Å²) in [6.45, 7) is -1.43. The van der Waals surface area contributed by atoms with Crippen molar-refractivity contribution in [2.45, 2.75) is 18.9 Å². The number of fused-ring (bicyclic) bond motifs is 1. The number of amides is 1. The fraction of sp³-hybridized carbons (Fsp3) is 0.438. The Bertz CT molecular complexity index is 775. The highest BCUT2D eigenvalue weighted by molar-refractivity contribution is 5.84. The van der Waals surface area contributed by atoms with E-state index in [1.165, 1.54) is 0 Å². The van der Waals surface area contributed by atoms with E-state index in [-0.39, 0.29) is 13.0 Å². The molecule has 0 bridgehead atoms. The summed E-state index contributed by atoms with van der Waals surface area (Å²) < 4.78 is 29.3. The van der Waals surface area contributed by atoms with Crippen LogP contribution in [0.4, 0.5) is 4.79 Å². The number of aryl methyl sites for hydroxylation is 1. The normalized spacial score (nSPS) is 24.5. The highest BCUT2D eigenvalue weighted by Crippen LogP contribution is 2.21. The fourth-order valence-corrected chi connectivity index (χ4v) is 2.44. The summed E-state index contributed by atoms with van der Waals surface area (Å²) >= 11 is 0. The van der Waals surface area contributed by atoms with Crippen LogP contribution in [0.1, 0.15) is 15.2 Å². The number of nitrogens with one attached hydrogen (secondary N) is 2. The number of ether oxygens (including phenoxy) is 1. The Labute approximate surface area is 128 Å². The van der Waals surface area contributed by atoms with Gasteiger partial charge in [0.25, 0.3) is 0 Å². The van der Waals surface area contributed by atoms with E-state index in [0.29, 0.717) is 6.42 Å². The van der Waals surface area contributed by atoms with Gasteiger partial charge in [-0.15, -0.1) is 0 Å². The molecular weight excluding hydrogens is 266 g/mol. The first-order chi connectivity index (χ1) is 11.2. The number of hydrogen-bond acceptors (Lipinski definition) is 3. The number of rotatable bonds is 5. The Morgan fingerprint density at radius 1 is 1.52 bits per heavy atom. The molecule has 1 aliphatic heterocycles. The van der Waals surface area contributed by atoms with Crippen molar-refractivity contribution in [2.24, 2.45) is 0 Å². The average Bonchev–Trinajstić information content (AvgIpc) is 3.02. The van der Waals surface area contributed by atoms with Crippen molar-refractivity contribution in [3.8, 4) is 0 Å². The number of alkyl carbamates (subject to hydrolysis) is 1. The Balaban J connectivity index is 1.87. The lowest BCUT2D eigenvalue weighted by atomic mass is 10.0. The predicted octanol–water partition coefficient (Wildman–Crippen LogP) is 1.92. The van der Waals surface area contributed by atoms with Gasteiger partial charge < -0.3 is 19.9 Å². The van der Waals surface area contributed by atoms with E-state index in [0.717, 1.165) is 22.0 Å². The third-order valence-corrected chi connectivity index (χ3v) is 3.49. The number of hydrogen-bond donors (Lipinski definition) is 2. The highest BCUT2D eigenvalue weighted by atomic mass is 16.6. The topological polar surface area (TPSA) is 57.4 Å².